The maximum absolute atomic E-state index is 14.2. The predicted molar refractivity (Wildman–Crippen MR) is 193 cm³/mol. The Bertz CT molecular complexity index is 2140. The first kappa shape index (κ1) is 35.7. The van der Waals surface area contributed by atoms with Gasteiger partial charge in [-0.25, -0.2) is 0 Å². The summed E-state index contributed by atoms with van der Waals surface area (Å²) in [7, 11) is 1.27. The second-order valence-electron chi connectivity index (χ2n) is 14.0. The lowest BCUT2D eigenvalue weighted by molar-refractivity contribution is -0.141. The molecule has 1 aliphatic carbocycles. The van der Waals surface area contributed by atoms with Gasteiger partial charge in [-0.2, -0.15) is 0 Å². The summed E-state index contributed by atoms with van der Waals surface area (Å²) in [6, 6.07) is 5.90. The van der Waals surface area contributed by atoms with Gasteiger partial charge in [-0.05, 0) is 62.9 Å². The number of H-pyrrole nitrogens is 2. The molecule has 2 aliphatic heterocycles. The number of aromatic amines is 2. The van der Waals surface area contributed by atoms with Gasteiger partial charge in [0.1, 0.15) is 5.92 Å². The molecule has 3 aromatic heterocycles. The average Bonchev–Trinajstić information content (AvgIpc) is 3.82. The van der Waals surface area contributed by atoms with Gasteiger partial charge in [-0.1, -0.05) is 20.8 Å². The highest BCUT2D eigenvalue weighted by Crippen LogP contribution is 2.48. The molecule has 12 heteroatoms. The molecule has 0 aromatic carbocycles. The number of Topliss-reactive ketones (excluding diaryl/α,β-unsaturated/α-hetero) is 2. The predicted octanol–water partition coefficient (Wildman–Crippen LogP) is 5.80. The van der Waals surface area contributed by atoms with Crippen LogP contribution in [-0.4, -0.2) is 69.5 Å². The number of esters is 1. The lowest BCUT2D eigenvalue weighted by atomic mass is 9.84. The highest BCUT2D eigenvalue weighted by atomic mass is 16.5. The zero-order valence-corrected chi connectivity index (χ0v) is 30.5. The normalized spacial score (nSPS) is 20.7. The molecule has 268 valence electrons. The lowest BCUT2D eigenvalue weighted by Crippen LogP contribution is -2.33. The molecule has 3 aliphatic rings. The molecule has 5 heterocycles. The molecule has 0 radical (unpaired) electrons. The van der Waals surface area contributed by atoms with Crippen molar-refractivity contribution in [2.75, 3.05) is 20.2 Å². The van der Waals surface area contributed by atoms with Crippen LogP contribution in [0.25, 0.3) is 22.1 Å². The summed E-state index contributed by atoms with van der Waals surface area (Å²) >= 11 is 0. The number of carbonyl (C=O) groups is 5. The SMILES string of the molecule is CC[C@H]1c2cc3[nH]c4c(c3C)C(=O)C(C(=O)OC)c4c3nc(cc4[nH]c(cc(n2)C1C)c(C(C)=O)c4C)C(C)[C@@H]3CCC(=O)NCCNC(C)=O. The second-order valence-corrected chi connectivity index (χ2v) is 14.0. The maximum atomic E-state index is 14.2. The Morgan fingerprint density at radius 1 is 0.843 bits per heavy atom. The molecule has 4 N–H and O–H groups in total. The Labute approximate surface area is 296 Å². The van der Waals surface area contributed by atoms with Crippen molar-refractivity contribution in [2.24, 2.45) is 0 Å². The fourth-order valence-corrected chi connectivity index (χ4v) is 8.15. The quantitative estimate of drug-likeness (QED) is 0.0940. The zero-order chi connectivity index (χ0) is 36.9. The van der Waals surface area contributed by atoms with E-state index in [-0.39, 0.29) is 60.0 Å². The molecule has 0 fully saturated rings. The van der Waals surface area contributed by atoms with Crippen LogP contribution in [0.15, 0.2) is 18.2 Å². The number of hydrogen-bond acceptors (Lipinski definition) is 8. The molecule has 8 bridgehead atoms. The van der Waals surface area contributed by atoms with E-state index in [1.165, 1.54) is 14.0 Å². The van der Waals surface area contributed by atoms with Crippen molar-refractivity contribution >= 4 is 51.4 Å². The van der Waals surface area contributed by atoms with Gasteiger partial charge in [0.2, 0.25) is 11.8 Å². The van der Waals surface area contributed by atoms with Gasteiger partial charge in [0, 0.05) is 94.9 Å². The van der Waals surface area contributed by atoms with E-state index in [1.54, 1.807) is 6.92 Å². The van der Waals surface area contributed by atoms with Gasteiger partial charge in [0.05, 0.1) is 23.8 Å². The summed E-state index contributed by atoms with van der Waals surface area (Å²) in [5.74, 6) is -3.03. The van der Waals surface area contributed by atoms with E-state index in [2.05, 4.69) is 34.4 Å². The van der Waals surface area contributed by atoms with E-state index in [0.29, 0.717) is 57.6 Å². The largest absolute Gasteiger partial charge is 0.468 e. The molecule has 6 rings (SSSR count). The highest BCUT2D eigenvalue weighted by molar-refractivity contribution is 6.23. The Kier molecular flexibility index (Phi) is 9.71. The Morgan fingerprint density at radius 3 is 2.14 bits per heavy atom. The van der Waals surface area contributed by atoms with E-state index < -0.39 is 11.9 Å². The zero-order valence-electron chi connectivity index (χ0n) is 30.5. The smallest absolute Gasteiger partial charge is 0.321 e. The monoisotopic (exact) mass is 694 g/mol. The number of amides is 2. The van der Waals surface area contributed by atoms with E-state index in [9.17, 15) is 24.0 Å². The molecular weight excluding hydrogens is 648 g/mol. The van der Waals surface area contributed by atoms with E-state index in [0.717, 1.165) is 34.4 Å². The standard InChI is InChI=1S/C39H46N6O6/c1-9-23-17(2)25-16-30-32(21(6)46)19(4)27(43-30)14-26-18(3)24(10-11-31(48)41-13-12-40-22(7)47)36(44-26)34-35(39(50)51-8)38(49)33-20(5)28(45-37(33)34)15-29(23)42-25/h14-18,23-24,35,43,45H,9-13H2,1-8H3,(H,40,47)(H,41,48)/t17?,18?,23-,24+,35?/m1/s1. The van der Waals surface area contributed by atoms with Crippen molar-refractivity contribution in [3.63, 3.8) is 0 Å². The molecule has 0 saturated heterocycles. The minimum atomic E-state index is -1.22. The van der Waals surface area contributed by atoms with E-state index in [4.69, 9.17) is 14.7 Å². The number of rotatable bonds is 9. The molecule has 51 heavy (non-hydrogen) atoms. The van der Waals surface area contributed by atoms with Gasteiger partial charge >= 0.3 is 5.97 Å². The Balaban J connectivity index is 1.63. The van der Waals surface area contributed by atoms with Crippen molar-refractivity contribution in [2.45, 2.75) is 97.3 Å². The number of fused-ring (bicyclic) bond motifs is 8. The number of ketones is 2. The van der Waals surface area contributed by atoms with Crippen molar-refractivity contribution in [3.8, 4) is 0 Å². The molecule has 2 amide bonds. The molecule has 3 aromatic rings. The second kappa shape index (κ2) is 13.9. The topological polar surface area (TPSA) is 176 Å². The molecule has 0 spiro atoms. The van der Waals surface area contributed by atoms with Crippen molar-refractivity contribution < 1.29 is 28.7 Å². The van der Waals surface area contributed by atoms with Crippen molar-refractivity contribution in [1.82, 2.24) is 30.6 Å². The number of nitrogens with zero attached hydrogens (tertiary/aromatic N) is 2. The van der Waals surface area contributed by atoms with Crippen LogP contribution in [0.1, 0.15) is 144 Å². The summed E-state index contributed by atoms with van der Waals surface area (Å²) < 4.78 is 5.20. The van der Waals surface area contributed by atoms with E-state index >= 15 is 0 Å². The van der Waals surface area contributed by atoms with Crippen LogP contribution in [0.2, 0.25) is 0 Å². The number of ether oxygens (including phenoxy) is 1. The first-order chi connectivity index (χ1) is 24.3. The fraction of sp³-hybridized carbons (Fsp3) is 0.462. The van der Waals surface area contributed by atoms with Crippen LogP contribution >= 0.6 is 0 Å². The highest BCUT2D eigenvalue weighted by Gasteiger charge is 2.45. The number of carbonyl (C=O) groups excluding carboxylic acids is 5. The van der Waals surface area contributed by atoms with Crippen LogP contribution in [0, 0.1) is 13.8 Å². The third-order valence-electron chi connectivity index (χ3n) is 10.9. The number of hydrogen-bond donors (Lipinski definition) is 4. The molecule has 12 nitrogen and oxygen atoms in total. The fourth-order valence-electron chi connectivity index (χ4n) is 8.15. The summed E-state index contributed by atoms with van der Waals surface area (Å²) in [5, 5.41) is 5.52. The van der Waals surface area contributed by atoms with Crippen molar-refractivity contribution in [1.29, 1.82) is 0 Å². The van der Waals surface area contributed by atoms with Crippen LogP contribution < -0.4 is 10.6 Å². The maximum Gasteiger partial charge on any atom is 0.321 e. The minimum Gasteiger partial charge on any atom is -0.468 e. The summed E-state index contributed by atoms with van der Waals surface area (Å²) in [6.07, 6.45) is 1.38. The molecule has 0 saturated carbocycles. The summed E-state index contributed by atoms with van der Waals surface area (Å²) in [6.45, 7) is 13.6. The van der Waals surface area contributed by atoms with Gasteiger partial charge in [-0.15, -0.1) is 0 Å². The molecular formula is C39H46N6O6. The average molecular weight is 695 g/mol. The van der Waals surface area contributed by atoms with Gasteiger partial charge in [-0.3, -0.25) is 33.9 Å². The van der Waals surface area contributed by atoms with E-state index in [1.807, 2.05) is 39.0 Å². The third-order valence-corrected chi connectivity index (χ3v) is 10.9. The first-order valence-electron chi connectivity index (χ1n) is 17.7. The van der Waals surface area contributed by atoms with Gasteiger partial charge in [0.25, 0.3) is 0 Å². The number of nitrogens with one attached hydrogen (secondary N) is 4. The first-order valence-corrected chi connectivity index (χ1v) is 17.7. The van der Waals surface area contributed by atoms with Crippen LogP contribution in [0.3, 0.4) is 0 Å². The third kappa shape index (κ3) is 6.25. The van der Waals surface area contributed by atoms with Crippen LogP contribution in [0.4, 0.5) is 0 Å². The number of aromatic nitrogens is 4. The van der Waals surface area contributed by atoms with Crippen LogP contribution in [-0.2, 0) is 19.1 Å². The summed E-state index contributed by atoms with van der Waals surface area (Å²) in [4.78, 5) is 82.1. The van der Waals surface area contributed by atoms with Gasteiger partial charge in [0.15, 0.2) is 11.6 Å². The van der Waals surface area contributed by atoms with Gasteiger partial charge < -0.3 is 25.3 Å². The minimum absolute atomic E-state index is 0.0691. The summed E-state index contributed by atoms with van der Waals surface area (Å²) in [5.41, 5.74) is 8.64. The lowest BCUT2D eigenvalue weighted by Gasteiger charge is -2.19. The van der Waals surface area contributed by atoms with Crippen molar-refractivity contribution in [3.05, 3.63) is 68.8 Å². The Morgan fingerprint density at radius 2 is 1.47 bits per heavy atom. The molecule has 5 atom stereocenters. The van der Waals surface area contributed by atoms with Crippen LogP contribution in [0.5, 0.6) is 0 Å². The Hall–Kier alpha value is -5.13. The number of aryl methyl sites for hydroxylation is 2. The molecule has 3 unspecified atom stereocenters. The number of methoxy groups -OCH3 is 1.